The summed E-state index contributed by atoms with van der Waals surface area (Å²) in [5, 5.41) is 8.19. The van der Waals surface area contributed by atoms with E-state index in [0.717, 1.165) is 23.4 Å². The van der Waals surface area contributed by atoms with Crippen LogP contribution < -0.4 is 4.74 Å². The molecule has 0 saturated carbocycles. The van der Waals surface area contributed by atoms with E-state index in [1.54, 1.807) is 0 Å². The van der Waals surface area contributed by atoms with E-state index < -0.39 is 0 Å². The summed E-state index contributed by atoms with van der Waals surface area (Å²) < 4.78 is 5.65. The maximum Gasteiger partial charge on any atom is 0.119 e. The number of nitrogens with one attached hydrogen (secondary N) is 1. The molecule has 0 aliphatic carbocycles. The van der Waals surface area contributed by atoms with Crippen LogP contribution in [0.2, 0.25) is 0 Å². The molecule has 2 aromatic carbocycles. The summed E-state index contributed by atoms with van der Waals surface area (Å²) in [5.41, 5.74) is 2.36. The quantitative estimate of drug-likeness (QED) is 0.817. The van der Waals surface area contributed by atoms with E-state index in [-0.39, 0.29) is 0 Å². The predicted molar refractivity (Wildman–Crippen MR) is 82.9 cm³/mol. The molecule has 0 aromatic heterocycles. The first kappa shape index (κ1) is 14.3. The topological polar surface area (TPSA) is 36.3 Å². The third-order valence-corrected chi connectivity index (χ3v) is 3.01. The van der Waals surface area contributed by atoms with Crippen LogP contribution in [0.1, 0.15) is 11.1 Å². The predicted octanol–water partition coefficient (Wildman–Crippen LogP) is 3.04. The lowest BCUT2D eigenvalue weighted by molar-refractivity contribution is 0.261. The fourth-order valence-electron chi connectivity index (χ4n) is 1.84. The van der Waals surface area contributed by atoms with Gasteiger partial charge in [0.05, 0.1) is 5.71 Å². The van der Waals surface area contributed by atoms with Crippen molar-refractivity contribution in [3.05, 3.63) is 65.7 Å². The summed E-state index contributed by atoms with van der Waals surface area (Å²) >= 11 is 0. The van der Waals surface area contributed by atoms with Crippen LogP contribution in [-0.2, 0) is 0 Å². The van der Waals surface area contributed by atoms with E-state index in [1.165, 1.54) is 0 Å². The Bertz CT molecular complexity index is 547. The minimum atomic E-state index is 0.533. The number of hydrogen-bond acceptors (Lipinski definition) is 3. The van der Waals surface area contributed by atoms with Gasteiger partial charge < -0.3 is 9.64 Å². The molecule has 0 atom stereocenters. The van der Waals surface area contributed by atoms with Crippen LogP contribution in [-0.4, -0.2) is 37.9 Å². The summed E-state index contributed by atoms with van der Waals surface area (Å²) in [4.78, 5) is 2.08. The van der Waals surface area contributed by atoms with Crippen LogP contribution in [0.15, 0.2) is 54.6 Å². The average molecular weight is 268 g/mol. The molecular weight excluding hydrogens is 248 g/mol. The molecule has 2 aromatic rings. The summed E-state index contributed by atoms with van der Waals surface area (Å²) in [6.45, 7) is 1.56. The fraction of sp³-hybridized carbons (Fsp3) is 0.235. The highest BCUT2D eigenvalue weighted by atomic mass is 16.5. The molecule has 3 heteroatoms. The van der Waals surface area contributed by atoms with Crippen LogP contribution in [0.4, 0.5) is 0 Å². The van der Waals surface area contributed by atoms with E-state index in [9.17, 15) is 0 Å². The second-order valence-corrected chi connectivity index (χ2v) is 4.92. The third-order valence-electron chi connectivity index (χ3n) is 3.01. The van der Waals surface area contributed by atoms with Crippen molar-refractivity contribution in [1.82, 2.24) is 4.90 Å². The number of benzene rings is 2. The lowest BCUT2D eigenvalue weighted by atomic mass is 10.0. The van der Waals surface area contributed by atoms with Gasteiger partial charge in [-0.1, -0.05) is 30.3 Å². The smallest absolute Gasteiger partial charge is 0.119 e. The molecule has 104 valence electrons. The van der Waals surface area contributed by atoms with Crippen LogP contribution >= 0.6 is 0 Å². The van der Waals surface area contributed by atoms with E-state index in [1.807, 2.05) is 68.7 Å². The van der Waals surface area contributed by atoms with Crippen LogP contribution in [0.5, 0.6) is 5.75 Å². The van der Waals surface area contributed by atoms with Gasteiger partial charge in [0.15, 0.2) is 0 Å². The molecule has 20 heavy (non-hydrogen) atoms. The SMILES string of the molecule is CN(C)CCOc1ccc(C(=N)c2ccccc2)cc1. The van der Waals surface area contributed by atoms with Gasteiger partial charge in [-0.2, -0.15) is 0 Å². The first-order valence-corrected chi connectivity index (χ1v) is 6.69. The number of hydrogen-bond donors (Lipinski definition) is 1. The van der Waals surface area contributed by atoms with Crippen molar-refractivity contribution < 1.29 is 4.74 Å². The number of nitrogens with zero attached hydrogens (tertiary/aromatic N) is 1. The van der Waals surface area contributed by atoms with E-state index in [4.69, 9.17) is 10.1 Å². The molecule has 0 saturated heterocycles. The van der Waals surface area contributed by atoms with E-state index in [2.05, 4.69) is 4.90 Å². The largest absolute Gasteiger partial charge is 0.492 e. The molecule has 0 amide bonds. The van der Waals surface area contributed by atoms with Crippen molar-refractivity contribution in [3.8, 4) is 5.75 Å². The van der Waals surface area contributed by atoms with Crippen molar-refractivity contribution in [2.75, 3.05) is 27.2 Å². The van der Waals surface area contributed by atoms with E-state index >= 15 is 0 Å². The highest BCUT2D eigenvalue weighted by Gasteiger charge is 2.04. The number of rotatable bonds is 6. The van der Waals surface area contributed by atoms with Gasteiger partial charge in [0.2, 0.25) is 0 Å². The van der Waals surface area contributed by atoms with E-state index in [0.29, 0.717) is 12.3 Å². The zero-order chi connectivity index (χ0) is 14.4. The Balaban J connectivity index is 1.99. The standard InChI is InChI=1S/C17H20N2O/c1-19(2)12-13-20-16-10-8-15(9-11-16)17(18)14-6-4-3-5-7-14/h3-11,18H,12-13H2,1-2H3. The highest BCUT2D eigenvalue weighted by molar-refractivity contribution is 6.10. The van der Waals surface area contributed by atoms with Crippen LogP contribution in [0, 0.1) is 5.41 Å². The Labute approximate surface area is 120 Å². The lowest BCUT2D eigenvalue weighted by Gasteiger charge is -2.11. The molecule has 2 rings (SSSR count). The molecule has 0 heterocycles. The van der Waals surface area contributed by atoms with Gasteiger partial charge >= 0.3 is 0 Å². The van der Waals surface area contributed by atoms with Crippen molar-refractivity contribution in [2.45, 2.75) is 0 Å². The van der Waals surface area contributed by atoms with Crippen LogP contribution in [0.3, 0.4) is 0 Å². The number of likely N-dealkylation sites (N-methyl/N-ethyl adjacent to an activating group) is 1. The van der Waals surface area contributed by atoms with Crippen molar-refractivity contribution in [2.24, 2.45) is 0 Å². The zero-order valence-corrected chi connectivity index (χ0v) is 12.0. The molecule has 0 aliphatic heterocycles. The maximum absolute atomic E-state index is 8.19. The maximum atomic E-state index is 8.19. The van der Waals surface area contributed by atoms with Crippen LogP contribution in [0.25, 0.3) is 0 Å². The summed E-state index contributed by atoms with van der Waals surface area (Å²) in [7, 11) is 4.04. The lowest BCUT2D eigenvalue weighted by Crippen LogP contribution is -2.19. The second-order valence-electron chi connectivity index (χ2n) is 4.92. The molecule has 0 fully saturated rings. The minimum Gasteiger partial charge on any atom is -0.492 e. The Kier molecular flexibility index (Phi) is 4.91. The molecular formula is C17H20N2O. The highest BCUT2D eigenvalue weighted by Crippen LogP contribution is 2.15. The molecule has 0 aliphatic rings. The summed E-state index contributed by atoms with van der Waals surface area (Å²) in [6.07, 6.45) is 0. The summed E-state index contributed by atoms with van der Waals surface area (Å²) in [5.74, 6) is 0.844. The number of ether oxygens (including phenoxy) is 1. The molecule has 1 N–H and O–H groups in total. The molecule has 0 spiro atoms. The Morgan fingerprint density at radius 3 is 2.15 bits per heavy atom. The Hall–Kier alpha value is -2.13. The van der Waals surface area contributed by atoms with Gasteiger partial charge in [0.1, 0.15) is 12.4 Å². The van der Waals surface area contributed by atoms with Gasteiger partial charge in [0, 0.05) is 12.1 Å². The van der Waals surface area contributed by atoms with Crippen molar-refractivity contribution in [3.63, 3.8) is 0 Å². The normalized spacial score (nSPS) is 10.6. The van der Waals surface area contributed by atoms with Gasteiger partial charge in [0.25, 0.3) is 0 Å². The Morgan fingerprint density at radius 1 is 0.950 bits per heavy atom. The fourth-order valence-corrected chi connectivity index (χ4v) is 1.84. The summed E-state index contributed by atoms with van der Waals surface area (Å²) in [6, 6.07) is 17.4. The molecule has 3 nitrogen and oxygen atoms in total. The zero-order valence-electron chi connectivity index (χ0n) is 12.0. The Morgan fingerprint density at radius 2 is 1.55 bits per heavy atom. The average Bonchev–Trinajstić information content (AvgIpc) is 2.48. The molecule has 0 unspecified atom stereocenters. The second kappa shape index (κ2) is 6.87. The monoisotopic (exact) mass is 268 g/mol. The molecule has 0 radical (unpaired) electrons. The molecule has 0 bridgehead atoms. The van der Waals surface area contributed by atoms with Gasteiger partial charge in [-0.15, -0.1) is 0 Å². The third kappa shape index (κ3) is 3.93. The minimum absolute atomic E-state index is 0.533. The van der Waals surface area contributed by atoms with Crippen molar-refractivity contribution in [1.29, 1.82) is 5.41 Å². The first-order chi connectivity index (χ1) is 9.66. The first-order valence-electron chi connectivity index (χ1n) is 6.69. The van der Waals surface area contributed by atoms with Gasteiger partial charge in [-0.25, -0.2) is 0 Å². The van der Waals surface area contributed by atoms with Crippen molar-refractivity contribution >= 4 is 5.71 Å². The van der Waals surface area contributed by atoms with Gasteiger partial charge in [-0.05, 0) is 43.9 Å². The van der Waals surface area contributed by atoms with Gasteiger partial charge in [-0.3, -0.25) is 5.41 Å².